The quantitative estimate of drug-likeness (QED) is 0.477. The number of aliphatic hydroxyl groups is 1. The number of aromatic hydroxyl groups is 1. The summed E-state index contributed by atoms with van der Waals surface area (Å²) in [5.41, 5.74) is 0.114. The summed E-state index contributed by atoms with van der Waals surface area (Å²) in [5, 5.41) is 31.2. The number of fused-ring (bicyclic) bond motifs is 1. The van der Waals surface area contributed by atoms with E-state index in [9.17, 15) is 28.2 Å². The predicted molar refractivity (Wildman–Crippen MR) is 139 cm³/mol. The lowest BCUT2D eigenvalue weighted by Gasteiger charge is -2.35. The van der Waals surface area contributed by atoms with E-state index in [0.29, 0.717) is 54.4 Å². The molecule has 3 aromatic rings. The molecule has 0 bridgehead atoms. The fourth-order valence-corrected chi connectivity index (χ4v) is 5.79. The number of halogens is 4. The van der Waals surface area contributed by atoms with Crippen LogP contribution in [-0.4, -0.2) is 65.3 Å². The molecule has 1 fully saturated rings. The molecule has 0 spiro atoms. The van der Waals surface area contributed by atoms with Gasteiger partial charge in [0.15, 0.2) is 0 Å². The first-order valence-electron chi connectivity index (χ1n) is 11.8. The molecule has 1 aromatic heterocycles. The van der Waals surface area contributed by atoms with Gasteiger partial charge in [0.05, 0.1) is 28.6 Å². The molecule has 2 aromatic carbocycles. The number of benzene rings is 2. The summed E-state index contributed by atoms with van der Waals surface area (Å²) in [6.07, 6.45) is -3.32. The van der Waals surface area contributed by atoms with Crippen molar-refractivity contribution in [3.8, 4) is 5.88 Å². The van der Waals surface area contributed by atoms with Gasteiger partial charge >= 0.3 is 11.0 Å². The van der Waals surface area contributed by atoms with Crippen LogP contribution < -0.4 is 20.5 Å². The van der Waals surface area contributed by atoms with Gasteiger partial charge in [-0.2, -0.15) is 28.1 Å². The SMILES string of the molecule is O=c1sc(C(Cc2ccc(Cl)cc2C(F)(F)F)=c2ccc3c(c2)C=NN=3)c(O)n1N1CCN(CCO)CC1. The van der Waals surface area contributed by atoms with E-state index in [2.05, 4.69) is 10.2 Å². The lowest BCUT2D eigenvalue weighted by molar-refractivity contribution is -0.138. The minimum Gasteiger partial charge on any atom is -0.492 e. The molecule has 3 heterocycles. The fourth-order valence-electron chi connectivity index (χ4n) is 4.67. The zero-order valence-electron chi connectivity index (χ0n) is 20.0. The number of aliphatic hydroxyl groups excluding tert-OH is 1. The molecule has 0 amide bonds. The number of aromatic nitrogens is 1. The van der Waals surface area contributed by atoms with Crippen LogP contribution in [-0.2, 0) is 12.6 Å². The van der Waals surface area contributed by atoms with Crippen LogP contribution in [0.4, 0.5) is 13.2 Å². The van der Waals surface area contributed by atoms with Gasteiger partial charge in [0, 0.05) is 49.7 Å². The number of hydrogen-bond acceptors (Lipinski definition) is 8. The molecule has 38 heavy (non-hydrogen) atoms. The van der Waals surface area contributed by atoms with Crippen LogP contribution >= 0.6 is 22.9 Å². The van der Waals surface area contributed by atoms with Crippen molar-refractivity contribution in [2.24, 2.45) is 10.2 Å². The maximum atomic E-state index is 13.9. The third kappa shape index (κ3) is 5.21. The highest BCUT2D eigenvalue weighted by Crippen LogP contribution is 2.37. The summed E-state index contributed by atoms with van der Waals surface area (Å²) < 4.78 is 42.9. The number of thiazole rings is 1. The second kappa shape index (κ2) is 10.5. The predicted octanol–water partition coefficient (Wildman–Crippen LogP) is 1.94. The summed E-state index contributed by atoms with van der Waals surface area (Å²) >= 11 is 6.66. The Morgan fingerprint density at radius 2 is 1.87 bits per heavy atom. The van der Waals surface area contributed by atoms with E-state index in [4.69, 9.17) is 11.6 Å². The van der Waals surface area contributed by atoms with Crippen LogP contribution in [0.25, 0.3) is 5.57 Å². The van der Waals surface area contributed by atoms with Crippen molar-refractivity contribution in [1.29, 1.82) is 0 Å². The Balaban J connectivity index is 1.63. The molecule has 13 heteroatoms. The van der Waals surface area contributed by atoms with Gasteiger partial charge in [-0.05, 0) is 40.6 Å². The zero-order valence-corrected chi connectivity index (χ0v) is 21.5. The lowest BCUT2D eigenvalue weighted by atomic mass is 9.96. The van der Waals surface area contributed by atoms with Crippen molar-refractivity contribution >= 4 is 34.7 Å². The third-order valence-corrected chi connectivity index (χ3v) is 7.79. The first kappa shape index (κ1) is 26.4. The summed E-state index contributed by atoms with van der Waals surface area (Å²) in [7, 11) is 0. The number of hydrogen-bond donors (Lipinski definition) is 2. The van der Waals surface area contributed by atoms with Gasteiger partial charge in [0.2, 0.25) is 5.88 Å². The number of β-amino-alcohol motifs (C(OH)–C–C–N with tert-alkyl or cyclic N) is 1. The van der Waals surface area contributed by atoms with Crippen molar-refractivity contribution in [3.05, 3.63) is 83.2 Å². The van der Waals surface area contributed by atoms with E-state index in [0.717, 1.165) is 17.4 Å². The summed E-state index contributed by atoms with van der Waals surface area (Å²) in [5.74, 6) is -0.327. The van der Waals surface area contributed by atoms with Crippen LogP contribution in [0.3, 0.4) is 0 Å². The molecule has 8 nitrogen and oxygen atoms in total. The Hall–Kier alpha value is -3.19. The molecular weight excluding hydrogens is 543 g/mol. The van der Waals surface area contributed by atoms with E-state index in [-0.39, 0.29) is 34.4 Å². The summed E-state index contributed by atoms with van der Waals surface area (Å²) in [4.78, 5) is 14.9. The van der Waals surface area contributed by atoms with Gasteiger partial charge in [-0.15, -0.1) is 0 Å². The van der Waals surface area contributed by atoms with E-state index in [1.54, 1.807) is 29.4 Å². The molecular formula is C25H23ClF3N5O3S. The Bertz CT molecular complexity index is 1580. The molecule has 0 saturated carbocycles. The van der Waals surface area contributed by atoms with Crippen molar-refractivity contribution in [2.45, 2.75) is 12.6 Å². The van der Waals surface area contributed by atoms with Crippen LogP contribution in [0.15, 0.2) is 51.4 Å². The number of nitrogens with zero attached hydrogens (tertiary/aromatic N) is 5. The minimum absolute atomic E-state index is 0.0233. The van der Waals surface area contributed by atoms with Crippen molar-refractivity contribution < 1.29 is 23.4 Å². The average molecular weight is 566 g/mol. The number of rotatable bonds is 6. The normalized spacial score (nSPS) is 16.5. The second-order valence-electron chi connectivity index (χ2n) is 8.92. The topological polar surface area (TPSA) is 93.7 Å². The molecule has 0 aliphatic carbocycles. The smallest absolute Gasteiger partial charge is 0.416 e. The highest BCUT2D eigenvalue weighted by Gasteiger charge is 2.34. The monoisotopic (exact) mass is 565 g/mol. The molecule has 0 unspecified atom stereocenters. The maximum Gasteiger partial charge on any atom is 0.416 e. The number of piperazine rings is 1. The van der Waals surface area contributed by atoms with E-state index < -0.39 is 16.6 Å². The average Bonchev–Trinajstić information content (AvgIpc) is 3.46. The van der Waals surface area contributed by atoms with Crippen LogP contribution in [0.2, 0.25) is 5.02 Å². The van der Waals surface area contributed by atoms with Gasteiger partial charge in [-0.25, -0.2) is 0 Å². The van der Waals surface area contributed by atoms with Gasteiger partial charge in [0.25, 0.3) is 0 Å². The van der Waals surface area contributed by atoms with Crippen LogP contribution in [0.1, 0.15) is 21.6 Å². The minimum atomic E-state index is -4.65. The fraction of sp³-hybridized carbons (Fsp3) is 0.320. The van der Waals surface area contributed by atoms with Crippen molar-refractivity contribution in [3.63, 3.8) is 0 Å². The third-order valence-electron chi connectivity index (χ3n) is 6.57. The van der Waals surface area contributed by atoms with Gasteiger partial charge in [0.1, 0.15) is 0 Å². The van der Waals surface area contributed by atoms with Gasteiger partial charge < -0.3 is 15.2 Å². The lowest BCUT2D eigenvalue weighted by Crippen LogP contribution is -2.53. The van der Waals surface area contributed by atoms with E-state index in [1.807, 2.05) is 4.90 Å². The van der Waals surface area contributed by atoms with Crippen molar-refractivity contribution in [1.82, 2.24) is 9.58 Å². The first-order valence-corrected chi connectivity index (χ1v) is 13.0. The molecule has 2 aliphatic heterocycles. The Labute approximate surface area is 223 Å². The molecule has 5 rings (SSSR count). The Kier molecular flexibility index (Phi) is 7.32. The van der Waals surface area contributed by atoms with Crippen LogP contribution in [0.5, 0.6) is 5.88 Å². The molecule has 0 radical (unpaired) electrons. The summed E-state index contributed by atoms with van der Waals surface area (Å²) in [6, 6.07) is 8.69. The number of alkyl halides is 3. The largest absolute Gasteiger partial charge is 0.492 e. The molecule has 0 atom stereocenters. The maximum absolute atomic E-state index is 13.9. The molecule has 2 N–H and O–H groups in total. The standard InChI is InChI=1S/C25H23ClF3N5O3S/c26-18-3-1-16(20(13-18)25(27,28)29)12-19(15-2-4-21-17(11-15)14-30-31-21)22-23(36)34(24(37)38-22)33-7-5-32(6-8-33)9-10-35/h1-4,11,13-14,35-36H,5-10,12H2. The molecule has 1 saturated heterocycles. The Morgan fingerprint density at radius 3 is 2.58 bits per heavy atom. The Morgan fingerprint density at radius 1 is 1.11 bits per heavy atom. The molecule has 200 valence electrons. The summed E-state index contributed by atoms with van der Waals surface area (Å²) in [6.45, 7) is 2.58. The highest BCUT2D eigenvalue weighted by atomic mass is 35.5. The molecule has 2 aliphatic rings. The second-order valence-corrected chi connectivity index (χ2v) is 10.3. The van der Waals surface area contributed by atoms with E-state index >= 15 is 0 Å². The zero-order chi connectivity index (χ0) is 27.0. The van der Waals surface area contributed by atoms with E-state index in [1.165, 1.54) is 16.8 Å². The van der Waals surface area contributed by atoms with Gasteiger partial charge in [-0.3, -0.25) is 9.69 Å². The first-order chi connectivity index (χ1) is 18.2. The van der Waals surface area contributed by atoms with Gasteiger partial charge in [-0.1, -0.05) is 35.1 Å². The highest BCUT2D eigenvalue weighted by molar-refractivity contribution is 7.10. The van der Waals surface area contributed by atoms with Crippen molar-refractivity contribution in [2.75, 3.05) is 44.3 Å². The van der Waals surface area contributed by atoms with Crippen LogP contribution in [0, 0.1) is 0 Å².